The van der Waals surface area contributed by atoms with Crippen molar-refractivity contribution in [3.63, 3.8) is 0 Å². The van der Waals surface area contributed by atoms with E-state index in [1.54, 1.807) is 32.4 Å². The Morgan fingerprint density at radius 1 is 0.914 bits per heavy atom. The van der Waals surface area contributed by atoms with E-state index in [-0.39, 0.29) is 24.4 Å². The Balaban J connectivity index is 1.42. The Labute approximate surface area is 214 Å². The van der Waals surface area contributed by atoms with Crippen molar-refractivity contribution in [1.82, 2.24) is 4.90 Å². The van der Waals surface area contributed by atoms with E-state index in [4.69, 9.17) is 25.8 Å². The van der Waals surface area contributed by atoms with Crippen molar-refractivity contribution in [2.75, 3.05) is 45.4 Å². The molecule has 0 aromatic heterocycles. The third kappa shape index (κ3) is 6.48. The first-order valence-electron chi connectivity index (χ1n) is 11.4. The molecule has 1 fully saturated rings. The average Bonchev–Trinajstić information content (AvgIpc) is 2.85. The molecule has 0 amide bonds. The molecule has 35 heavy (non-hydrogen) atoms. The average molecular weight is 514 g/mol. The highest BCUT2D eigenvalue weighted by molar-refractivity contribution is 7.99. The molecular formula is C27H28ClNO5S. The molecule has 4 rings (SSSR count). The van der Waals surface area contributed by atoms with Crippen LogP contribution in [0, 0.1) is 0 Å². The molecule has 0 atom stereocenters. The first-order valence-corrected chi connectivity index (χ1v) is 12.9. The SMILES string of the molecule is COc1cc2cccc(Oc3ccc(CC(=O)CC(=O)CN4CCSCC4)cc3Cl)c2cc1OC. The van der Waals surface area contributed by atoms with Gasteiger partial charge < -0.3 is 14.2 Å². The van der Waals surface area contributed by atoms with Gasteiger partial charge in [0.05, 0.1) is 32.2 Å². The van der Waals surface area contributed by atoms with Crippen molar-refractivity contribution in [2.45, 2.75) is 12.8 Å². The van der Waals surface area contributed by atoms with Gasteiger partial charge in [0.2, 0.25) is 0 Å². The molecule has 3 aromatic rings. The van der Waals surface area contributed by atoms with E-state index in [2.05, 4.69) is 4.90 Å². The molecule has 8 heteroatoms. The van der Waals surface area contributed by atoms with Crippen LogP contribution in [-0.2, 0) is 16.0 Å². The van der Waals surface area contributed by atoms with Crippen molar-refractivity contribution in [1.29, 1.82) is 0 Å². The highest BCUT2D eigenvalue weighted by atomic mass is 35.5. The van der Waals surface area contributed by atoms with Crippen LogP contribution in [0.25, 0.3) is 10.8 Å². The lowest BCUT2D eigenvalue weighted by Gasteiger charge is -2.25. The van der Waals surface area contributed by atoms with Gasteiger partial charge in [-0.05, 0) is 41.3 Å². The molecule has 184 valence electrons. The van der Waals surface area contributed by atoms with Gasteiger partial charge in [0.25, 0.3) is 0 Å². The Hall–Kier alpha value is -2.74. The standard InChI is InChI=1S/C27H28ClNO5S/c1-32-26-14-19-4-3-5-24(22(19)16-27(26)33-2)34-25-7-6-18(13-23(25)28)12-20(30)15-21(31)17-29-8-10-35-11-9-29/h3-7,13-14,16H,8-12,15,17H2,1-2H3. The second-order valence-corrected chi connectivity index (χ2v) is 10.0. The van der Waals surface area contributed by atoms with Crippen LogP contribution >= 0.6 is 23.4 Å². The summed E-state index contributed by atoms with van der Waals surface area (Å²) < 4.78 is 16.9. The monoisotopic (exact) mass is 513 g/mol. The van der Waals surface area contributed by atoms with Gasteiger partial charge in [-0.2, -0.15) is 11.8 Å². The van der Waals surface area contributed by atoms with E-state index in [1.165, 1.54) is 0 Å². The fraction of sp³-hybridized carbons (Fsp3) is 0.333. The van der Waals surface area contributed by atoms with E-state index >= 15 is 0 Å². The second kappa shape index (κ2) is 11.8. The summed E-state index contributed by atoms with van der Waals surface area (Å²) in [5.41, 5.74) is 0.749. The van der Waals surface area contributed by atoms with E-state index in [9.17, 15) is 9.59 Å². The third-order valence-corrected chi connectivity index (χ3v) is 7.10. The lowest BCUT2D eigenvalue weighted by Crippen LogP contribution is -2.37. The summed E-state index contributed by atoms with van der Waals surface area (Å²) in [5, 5.41) is 2.18. The summed E-state index contributed by atoms with van der Waals surface area (Å²) in [7, 11) is 3.18. The smallest absolute Gasteiger partial charge is 0.161 e. The Morgan fingerprint density at radius 3 is 2.37 bits per heavy atom. The Morgan fingerprint density at radius 2 is 1.66 bits per heavy atom. The molecule has 6 nitrogen and oxygen atoms in total. The van der Waals surface area contributed by atoms with Crippen LogP contribution in [-0.4, -0.2) is 61.8 Å². The van der Waals surface area contributed by atoms with Crippen LogP contribution < -0.4 is 14.2 Å². The molecule has 0 aliphatic carbocycles. The predicted molar refractivity (Wildman–Crippen MR) is 141 cm³/mol. The van der Waals surface area contributed by atoms with Crippen molar-refractivity contribution in [2.24, 2.45) is 0 Å². The van der Waals surface area contributed by atoms with Crippen molar-refractivity contribution < 1.29 is 23.8 Å². The van der Waals surface area contributed by atoms with Crippen molar-refractivity contribution in [3.05, 3.63) is 59.1 Å². The number of Topliss-reactive ketones (excluding diaryl/α,β-unsaturated/α-hetero) is 2. The van der Waals surface area contributed by atoms with Crippen LogP contribution in [0.4, 0.5) is 0 Å². The minimum atomic E-state index is -0.110. The van der Waals surface area contributed by atoms with Gasteiger partial charge in [-0.1, -0.05) is 29.8 Å². The summed E-state index contributed by atoms with van der Waals surface area (Å²) in [6.07, 6.45) is 0.105. The van der Waals surface area contributed by atoms with Gasteiger partial charge in [-0.25, -0.2) is 0 Å². The number of methoxy groups -OCH3 is 2. The highest BCUT2D eigenvalue weighted by Crippen LogP contribution is 2.39. The number of fused-ring (bicyclic) bond motifs is 1. The lowest BCUT2D eigenvalue weighted by molar-refractivity contribution is -0.127. The Kier molecular flexibility index (Phi) is 8.55. The molecular weight excluding hydrogens is 486 g/mol. The van der Waals surface area contributed by atoms with Crippen LogP contribution in [0.15, 0.2) is 48.5 Å². The summed E-state index contributed by atoms with van der Waals surface area (Å²) in [4.78, 5) is 26.9. The molecule has 0 radical (unpaired) electrons. The summed E-state index contributed by atoms with van der Waals surface area (Å²) in [6, 6.07) is 14.7. The van der Waals surface area contributed by atoms with E-state index in [1.807, 2.05) is 42.1 Å². The van der Waals surface area contributed by atoms with Gasteiger partial charge in [0.1, 0.15) is 17.3 Å². The molecule has 0 unspecified atom stereocenters. The number of ketones is 2. The molecule has 1 saturated heterocycles. The topological polar surface area (TPSA) is 65.1 Å². The first-order chi connectivity index (χ1) is 17.0. The third-order valence-electron chi connectivity index (χ3n) is 5.86. The minimum absolute atomic E-state index is 0.0315. The highest BCUT2D eigenvalue weighted by Gasteiger charge is 2.17. The predicted octanol–water partition coefficient (Wildman–Crippen LogP) is 5.42. The van der Waals surface area contributed by atoms with Gasteiger partial charge in [0.15, 0.2) is 17.3 Å². The van der Waals surface area contributed by atoms with E-state index < -0.39 is 0 Å². The number of carbonyl (C=O) groups is 2. The van der Waals surface area contributed by atoms with Gasteiger partial charge >= 0.3 is 0 Å². The number of hydrogen-bond acceptors (Lipinski definition) is 7. The molecule has 0 N–H and O–H groups in total. The molecule has 0 bridgehead atoms. The van der Waals surface area contributed by atoms with Crippen LogP contribution in [0.1, 0.15) is 12.0 Å². The molecule has 1 aliphatic rings. The van der Waals surface area contributed by atoms with Crippen LogP contribution in [0.3, 0.4) is 0 Å². The molecule has 0 saturated carbocycles. The molecule has 3 aromatic carbocycles. The number of nitrogens with zero attached hydrogens (tertiary/aromatic N) is 1. The largest absolute Gasteiger partial charge is 0.493 e. The van der Waals surface area contributed by atoms with Gasteiger partial charge in [0, 0.05) is 36.4 Å². The second-order valence-electron chi connectivity index (χ2n) is 8.37. The van der Waals surface area contributed by atoms with E-state index in [0.717, 1.165) is 40.9 Å². The number of hydrogen-bond donors (Lipinski definition) is 0. The van der Waals surface area contributed by atoms with Gasteiger partial charge in [-0.3, -0.25) is 14.5 Å². The summed E-state index contributed by atoms with van der Waals surface area (Å²) in [5.74, 6) is 4.27. The Bertz CT molecular complexity index is 1230. The normalized spacial score (nSPS) is 14.0. The fourth-order valence-corrected chi connectivity index (χ4v) is 5.31. The molecule has 1 heterocycles. The zero-order valence-electron chi connectivity index (χ0n) is 19.8. The number of benzene rings is 3. The van der Waals surface area contributed by atoms with Crippen LogP contribution in [0.2, 0.25) is 5.02 Å². The maximum Gasteiger partial charge on any atom is 0.161 e. The van der Waals surface area contributed by atoms with E-state index in [0.29, 0.717) is 34.6 Å². The molecule has 1 aliphatic heterocycles. The summed E-state index contributed by atoms with van der Waals surface area (Å²) >= 11 is 8.39. The lowest BCUT2D eigenvalue weighted by atomic mass is 10.0. The minimum Gasteiger partial charge on any atom is -0.493 e. The number of ether oxygens (including phenoxy) is 3. The zero-order valence-corrected chi connectivity index (χ0v) is 21.4. The summed E-state index contributed by atoms with van der Waals surface area (Å²) in [6.45, 7) is 2.15. The first kappa shape index (κ1) is 25.4. The quantitative estimate of drug-likeness (QED) is 0.335. The van der Waals surface area contributed by atoms with Crippen molar-refractivity contribution in [3.8, 4) is 23.0 Å². The van der Waals surface area contributed by atoms with Crippen LogP contribution in [0.5, 0.6) is 23.0 Å². The number of halogens is 1. The number of thioether (sulfide) groups is 1. The number of rotatable bonds is 10. The maximum atomic E-state index is 12.5. The number of carbonyl (C=O) groups excluding carboxylic acids is 2. The van der Waals surface area contributed by atoms with Gasteiger partial charge in [-0.15, -0.1) is 0 Å². The fourth-order valence-electron chi connectivity index (χ4n) is 4.09. The molecule has 0 spiro atoms. The zero-order chi connectivity index (χ0) is 24.8. The maximum absolute atomic E-state index is 12.5. The van der Waals surface area contributed by atoms with Crippen molar-refractivity contribution >= 4 is 45.7 Å².